The summed E-state index contributed by atoms with van der Waals surface area (Å²) < 4.78 is 24.6. The second kappa shape index (κ2) is 11.6. The minimum atomic E-state index is -0.361. The quantitative estimate of drug-likeness (QED) is 0.297. The molecule has 0 unspecified atom stereocenters. The van der Waals surface area contributed by atoms with Crippen molar-refractivity contribution in [1.82, 2.24) is 8.01 Å². The Balaban J connectivity index is 2.48. The molecule has 0 amide bonds. The number of halogens is 3. The van der Waals surface area contributed by atoms with E-state index in [2.05, 4.69) is 71.5 Å². The van der Waals surface area contributed by atoms with Crippen LogP contribution in [-0.2, 0) is 4.74 Å². The van der Waals surface area contributed by atoms with Crippen LogP contribution in [0.15, 0.2) is 49.6 Å². The lowest BCUT2D eigenvalue weighted by atomic mass is 9.87. The number of ether oxygens (including phenoxy) is 1. The molecule has 2 atom stereocenters. The van der Waals surface area contributed by atoms with Gasteiger partial charge in [-0.05, 0) is 36.3 Å². The van der Waals surface area contributed by atoms with E-state index in [1.165, 1.54) is 6.08 Å². The van der Waals surface area contributed by atoms with E-state index in [0.717, 1.165) is 37.2 Å². The topological polar surface area (TPSA) is 51.9 Å². The molecule has 0 N–H and O–H groups in total. The third kappa shape index (κ3) is 6.12. The summed E-state index contributed by atoms with van der Waals surface area (Å²) in [7, 11) is 1.70. The molecule has 1 heterocycles. The number of methoxy groups -OCH3 is 1. The average Bonchev–Trinajstić information content (AvgIpc) is 2.69. The van der Waals surface area contributed by atoms with Gasteiger partial charge in [-0.3, -0.25) is 4.99 Å². The Morgan fingerprint density at radius 3 is 2.79 bits per heavy atom. The normalized spacial score (nSPS) is 24.5. The van der Waals surface area contributed by atoms with E-state index in [9.17, 15) is 5.26 Å². The highest BCUT2D eigenvalue weighted by atomic mass is 127. The molecule has 5 nitrogen and oxygen atoms in total. The summed E-state index contributed by atoms with van der Waals surface area (Å²) in [6, 6.07) is 2.40. The average molecular weight is 624 g/mol. The summed E-state index contributed by atoms with van der Waals surface area (Å²) in [5, 5.41) is 9.54. The maximum atomic E-state index is 15.3. The monoisotopic (exact) mass is 624 g/mol. The first-order chi connectivity index (χ1) is 13.8. The van der Waals surface area contributed by atoms with E-state index in [-0.39, 0.29) is 11.4 Å². The molecule has 1 saturated heterocycles. The highest BCUT2D eigenvalue weighted by molar-refractivity contribution is 14.1. The molecule has 1 aliphatic carbocycles. The Kier molecular flexibility index (Phi) is 9.78. The third-order valence-electron chi connectivity index (χ3n) is 4.97. The zero-order valence-corrected chi connectivity index (χ0v) is 21.6. The molecule has 0 spiro atoms. The van der Waals surface area contributed by atoms with Gasteiger partial charge in [-0.25, -0.2) is 7.50 Å². The zero-order chi connectivity index (χ0) is 21.6. The predicted octanol–water partition coefficient (Wildman–Crippen LogP) is 5.32. The number of rotatable bonds is 6. The van der Waals surface area contributed by atoms with Gasteiger partial charge >= 0.3 is 0 Å². The van der Waals surface area contributed by atoms with Gasteiger partial charge in [-0.15, -0.1) is 0 Å². The first-order valence-corrected chi connectivity index (χ1v) is 11.7. The number of nitriles is 1. The van der Waals surface area contributed by atoms with Crippen LogP contribution in [0.25, 0.3) is 0 Å². The Bertz CT molecular complexity index is 806. The van der Waals surface area contributed by atoms with Gasteiger partial charge in [0.15, 0.2) is 0 Å². The van der Waals surface area contributed by atoms with E-state index in [0.29, 0.717) is 30.0 Å². The number of nitrogens with zero attached hydrogens (tertiary/aromatic N) is 4. The van der Waals surface area contributed by atoms with Gasteiger partial charge in [0.1, 0.15) is 11.9 Å². The highest BCUT2D eigenvalue weighted by Crippen LogP contribution is 2.36. The Labute approximate surface area is 200 Å². The standard InChI is InChI=1S/C21H27FI2N4O/c1-14(2)19-20(26-6-5-23)16(11-25)10-18(22)21(19)27-12-15(3)9-17(13-27)28(24)7-8-29-4/h5-6,10,15,17H,7-9,12-13H2,1-4H3/b6-5-,26-20?/t15-,17+/m0/s1. The van der Waals surface area contributed by atoms with Crippen molar-refractivity contribution in [3.05, 3.63) is 44.6 Å². The van der Waals surface area contributed by atoms with Crippen molar-refractivity contribution in [3.8, 4) is 6.07 Å². The van der Waals surface area contributed by atoms with Crippen molar-refractivity contribution in [2.24, 2.45) is 10.9 Å². The molecule has 0 radical (unpaired) electrons. The SMILES string of the molecule is COCCN(I)[C@@H]1C[C@H](C)CN(C2=C(F)C=C(C#N)C(=N/C=C\I)C2=C(C)C)C1. The first-order valence-electron chi connectivity index (χ1n) is 9.53. The fraction of sp³-hybridized carbons (Fsp3) is 0.524. The smallest absolute Gasteiger partial charge is 0.148 e. The number of likely N-dealkylation sites (tertiary alicyclic amines) is 1. The summed E-state index contributed by atoms with van der Waals surface area (Å²) in [5.41, 5.74) is 3.02. The Morgan fingerprint density at radius 2 is 2.21 bits per heavy atom. The Hall–Kier alpha value is -0.770. The number of aliphatic imine (C=N–C) groups is 1. The van der Waals surface area contributed by atoms with Crippen molar-refractivity contribution in [2.45, 2.75) is 33.2 Å². The van der Waals surface area contributed by atoms with Gasteiger partial charge in [-0.2, -0.15) is 5.26 Å². The maximum Gasteiger partial charge on any atom is 0.148 e. The fourth-order valence-corrected chi connectivity index (χ4v) is 4.56. The predicted molar refractivity (Wildman–Crippen MR) is 133 cm³/mol. The second-order valence-corrected chi connectivity index (χ2v) is 9.47. The molecule has 1 aliphatic heterocycles. The van der Waals surface area contributed by atoms with Gasteiger partial charge in [-0.1, -0.05) is 35.1 Å². The summed E-state index contributed by atoms with van der Waals surface area (Å²) in [6.45, 7) is 9.08. The van der Waals surface area contributed by atoms with Crippen LogP contribution in [0.4, 0.5) is 4.39 Å². The number of hydrogen-bond donors (Lipinski definition) is 0. The highest BCUT2D eigenvalue weighted by Gasteiger charge is 2.35. The van der Waals surface area contributed by atoms with E-state index < -0.39 is 0 Å². The summed E-state index contributed by atoms with van der Waals surface area (Å²) in [5.74, 6) is 0.0585. The lowest BCUT2D eigenvalue weighted by molar-refractivity contribution is 0.129. The van der Waals surface area contributed by atoms with E-state index in [4.69, 9.17) is 4.74 Å². The van der Waals surface area contributed by atoms with Crippen LogP contribution in [0.1, 0.15) is 27.2 Å². The van der Waals surface area contributed by atoms with Gasteiger partial charge in [0, 0.05) is 67.4 Å². The van der Waals surface area contributed by atoms with E-state index in [1.807, 2.05) is 13.8 Å². The molecule has 0 aromatic carbocycles. The molecule has 158 valence electrons. The van der Waals surface area contributed by atoms with Crippen molar-refractivity contribution < 1.29 is 9.13 Å². The van der Waals surface area contributed by atoms with Crippen LogP contribution in [-0.4, -0.2) is 53.1 Å². The van der Waals surface area contributed by atoms with Crippen LogP contribution >= 0.6 is 45.5 Å². The zero-order valence-electron chi connectivity index (χ0n) is 17.3. The lowest BCUT2D eigenvalue weighted by Gasteiger charge is -2.43. The largest absolute Gasteiger partial charge is 0.383 e. The van der Waals surface area contributed by atoms with Gasteiger partial charge in [0.2, 0.25) is 0 Å². The molecule has 0 bridgehead atoms. The number of piperidine rings is 1. The summed E-state index contributed by atoms with van der Waals surface area (Å²) >= 11 is 4.43. The van der Waals surface area contributed by atoms with Crippen LogP contribution < -0.4 is 0 Å². The second-order valence-electron chi connectivity index (χ2n) is 7.51. The lowest BCUT2D eigenvalue weighted by Crippen LogP contribution is -2.48. The van der Waals surface area contributed by atoms with Gasteiger partial charge in [0.25, 0.3) is 0 Å². The van der Waals surface area contributed by atoms with Crippen molar-refractivity contribution in [1.29, 1.82) is 5.26 Å². The van der Waals surface area contributed by atoms with Gasteiger partial charge < -0.3 is 9.64 Å². The number of allylic oxidation sites excluding steroid dienone is 5. The van der Waals surface area contributed by atoms with Crippen molar-refractivity contribution in [2.75, 3.05) is 33.4 Å². The molecule has 29 heavy (non-hydrogen) atoms. The first kappa shape index (κ1) is 24.5. The van der Waals surface area contributed by atoms with Crippen LogP contribution in [0, 0.1) is 17.2 Å². The molecule has 2 rings (SSSR count). The van der Waals surface area contributed by atoms with Crippen LogP contribution in [0.5, 0.6) is 0 Å². The molecular formula is C21H27FI2N4O. The minimum Gasteiger partial charge on any atom is -0.383 e. The molecule has 0 aromatic rings. The molecule has 1 fully saturated rings. The number of hydrogen-bond acceptors (Lipinski definition) is 5. The van der Waals surface area contributed by atoms with E-state index >= 15 is 4.39 Å². The van der Waals surface area contributed by atoms with Crippen molar-refractivity contribution in [3.63, 3.8) is 0 Å². The minimum absolute atomic E-state index is 0.258. The molecule has 0 saturated carbocycles. The molecular weight excluding hydrogens is 597 g/mol. The molecule has 8 heteroatoms. The summed E-state index contributed by atoms with van der Waals surface area (Å²) in [4.78, 5) is 6.60. The fourth-order valence-electron chi connectivity index (χ4n) is 3.80. The summed E-state index contributed by atoms with van der Waals surface area (Å²) in [6.07, 6.45) is 4.02. The maximum absolute atomic E-state index is 15.3. The van der Waals surface area contributed by atoms with Crippen molar-refractivity contribution >= 4 is 51.2 Å². The van der Waals surface area contributed by atoms with Gasteiger partial charge in [0.05, 0.1) is 23.6 Å². The molecule has 2 aliphatic rings. The third-order valence-corrected chi connectivity index (χ3v) is 6.56. The van der Waals surface area contributed by atoms with E-state index in [1.54, 1.807) is 17.4 Å². The van der Waals surface area contributed by atoms with Crippen LogP contribution in [0.3, 0.4) is 0 Å². The van der Waals surface area contributed by atoms with Crippen LogP contribution in [0.2, 0.25) is 0 Å². The Morgan fingerprint density at radius 1 is 1.48 bits per heavy atom. The molecule has 0 aromatic heterocycles.